The molecule has 3 rings (SSSR count). The summed E-state index contributed by atoms with van der Waals surface area (Å²) in [6, 6.07) is -0.319. The lowest BCUT2D eigenvalue weighted by Crippen LogP contribution is -2.48. The van der Waals surface area contributed by atoms with E-state index in [-0.39, 0.29) is 23.0 Å². The maximum absolute atomic E-state index is 14.6. The number of aliphatic imine (C=N–C) groups is 1. The van der Waals surface area contributed by atoms with Crippen molar-refractivity contribution in [2.24, 2.45) is 10.7 Å². The first-order valence-corrected chi connectivity index (χ1v) is 9.13. The molecule has 0 saturated heterocycles. The molecule has 1 aromatic heterocycles. The second kappa shape index (κ2) is 8.55. The van der Waals surface area contributed by atoms with Crippen LogP contribution in [0.25, 0.3) is 0 Å². The Morgan fingerprint density at radius 2 is 2.12 bits per heavy atom. The topological polar surface area (TPSA) is 112 Å². The number of amides is 1. The van der Waals surface area contributed by atoms with E-state index in [4.69, 9.17) is 15.2 Å². The molecule has 13 heteroatoms. The normalized spacial score (nSPS) is 20.8. The number of amidine groups is 1. The van der Waals surface area contributed by atoms with E-state index in [1.54, 1.807) is 0 Å². The van der Waals surface area contributed by atoms with Gasteiger partial charge in [0.05, 0.1) is 19.0 Å². The Balaban J connectivity index is 1.94. The van der Waals surface area contributed by atoms with E-state index in [9.17, 15) is 26.7 Å². The highest BCUT2D eigenvalue weighted by atomic mass is 19.4. The van der Waals surface area contributed by atoms with Gasteiger partial charge in [0.2, 0.25) is 5.88 Å². The molecule has 1 aromatic carbocycles. The van der Waals surface area contributed by atoms with Gasteiger partial charge in [-0.1, -0.05) is 0 Å². The van der Waals surface area contributed by atoms with E-state index in [2.05, 4.69) is 20.3 Å². The van der Waals surface area contributed by atoms with Crippen LogP contribution in [-0.2, 0) is 10.3 Å². The fraction of sp³-hybridized carbons (Fsp3) is 0.368. The largest absolute Gasteiger partial charge is 0.480 e. The summed E-state index contributed by atoms with van der Waals surface area (Å²) in [6.45, 7) is -0.0128. The third kappa shape index (κ3) is 4.55. The van der Waals surface area contributed by atoms with Crippen molar-refractivity contribution in [3.05, 3.63) is 47.2 Å². The number of halogens is 5. The summed E-state index contributed by atoms with van der Waals surface area (Å²) in [5.74, 6) is -1.60. The highest BCUT2D eigenvalue weighted by Gasteiger charge is 2.52. The van der Waals surface area contributed by atoms with Gasteiger partial charge < -0.3 is 20.5 Å². The number of ether oxygens (including phenoxy) is 2. The number of nitrogens with one attached hydrogen (secondary N) is 1. The fourth-order valence-electron chi connectivity index (χ4n) is 3.21. The van der Waals surface area contributed by atoms with Gasteiger partial charge in [0.15, 0.2) is 11.6 Å². The molecule has 2 atom stereocenters. The van der Waals surface area contributed by atoms with Crippen molar-refractivity contribution in [1.82, 2.24) is 9.97 Å². The van der Waals surface area contributed by atoms with Crippen LogP contribution in [0.1, 0.15) is 28.2 Å². The zero-order valence-corrected chi connectivity index (χ0v) is 16.8. The number of hydrogen-bond donors (Lipinski definition) is 2. The molecule has 0 unspecified atom stereocenters. The van der Waals surface area contributed by atoms with Crippen molar-refractivity contribution in [3.63, 3.8) is 0 Å². The molecule has 0 bridgehead atoms. The highest BCUT2D eigenvalue weighted by Crippen LogP contribution is 2.42. The third-order valence-electron chi connectivity index (χ3n) is 4.76. The van der Waals surface area contributed by atoms with Crippen molar-refractivity contribution in [1.29, 1.82) is 0 Å². The van der Waals surface area contributed by atoms with Crippen LogP contribution in [0.3, 0.4) is 0 Å². The molecule has 8 nitrogen and oxygen atoms in total. The number of alkyl halides is 4. The predicted octanol–water partition coefficient (Wildman–Crippen LogP) is 3.02. The van der Waals surface area contributed by atoms with Gasteiger partial charge in [0, 0.05) is 17.7 Å². The maximum Gasteiger partial charge on any atom is 0.411 e. The Kier molecular flexibility index (Phi) is 6.19. The van der Waals surface area contributed by atoms with E-state index in [0.29, 0.717) is 0 Å². The van der Waals surface area contributed by atoms with Crippen molar-refractivity contribution in [2.75, 3.05) is 19.1 Å². The van der Waals surface area contributed by atoms with Crippen LogP contribution in [0.4, 0.5) is 27.6 Å². The molecular weight excluding hydrogens is 441 g/mol. The van der Waals surface area contributed by atoms with Gasteiger partial charge >= 0.3 is 6.18 Å². The molecule has 0 saturated carbocycles. The summed E-state index contributed by atoms with van der Waals surface area (Å²) in [6.07, 6.45) is -4.67. The van der Waals surface area contributed by atoms with E-state index in [0.717, 1.165) is 18.2 Å². The first-order chi connectivity index (χ1) is 15.0. The summed E-state index contributed by atoms with van der Waals surface area (Å²) in [7, 11) is 1.37. The quantitative estimate of drug-likeness (QED) is 0.665. The van der Waals surface area contributed by atoms with Gasteiger partial charge in [-0.15, -0.1) is 0 Å². The minimum absolute atomic E-state index is 0.0375. The Bertz CT molecular complexity index is 1060. The lowest BCUT2D eigenvalue weighted by atomic mass is 9.86. The second-order valence-electron chi connectivity index (χ2n) is 6.95. The number of carbonyl (C=O) groups excluding carboxylic acids is 1. The molecule has 0 radical (unpaired) electrons. The molecule has 1 aliphatic rings. The summed E-state index contributed by atoms with van der Waals surface area (Å²) in [5, 5.41) is 2.43. The SMILES string of the molecule is COc1cnc(C(=O)Nc2ccc(F)c([C@]3(CF)C[C@@H](C(F)(F)F)N=C(N)O3)c2)c(C)n1. The minimum atomic E-state index is -4.85. The summed E-state index contributed by atoms with van der Waals surface area (Å²) in [4.78, 5) is 23.7. The van der Waals surface area contributed by atoms with Crippen LogP contribution < -0.4 is 15.8 Å². The van der Waals surface area contributed by atoms with Crippen LogP contribution in [0.5, 0.6) is 5.88 Å². The van der Waals surface area contributed by atoms with E-state index >= 15 is 0 Å². The molecule has 1 aliphatic heterocycles. The Labute approximate surface area is 178 Å². The highest BCUT2D eigenvalue weighted by molar-refractivity contribution is 6.03. The van der Waals surface area contributed by atoms with Crippen LogP contribution in [-0.4, -0.2) is 47.9 Å². The molecule has 0 fully saturated rings. The molecule has 32 heavy (non-hydrogen) atoms. The fourth-order valence-corrected chi connectivity index (χ4v) is 3.21. The first-order valence-electron chi connectivity index (χ1n) is 9.13. The van der Waals surface area contributed by atoms with Gasteiger partial charge in [-0.25, -0.2) is 23.7 Å². The third-order valence-corrected chi connectivity index (χ3v) is 4.76. The number of anilines is 1. The number of methoxy groups -OCH3 is 1. The second-order valence-corrected chi connectivity index (χ2v) is 6.95. The van der Waals surface area contributed by atoms with Crippen LogP contribution >= 0.6 is 0 Å². The Morgan fingerprint density at radius 1 is 1.41 bits per heavy atom. The van der Waals surface area contributed by atoms with Gasteiger partial charge in [-0.3, -0.25) is 4.79 Å². The number of benzene rings is 1. The monoisotopic (exact) mass is 459 g/mol. The van der Waals surface area contributed by atoms with Gasteiger partial charge in [-0.05, 0) is 25.1 Å². The number of aryl methyl sites for hydroxylation is 1. The number of nitrogens with two attached hydrogens (primary N) is 1. The predicted molar refractivity (Wildman–Crippen MR) is 102 cm³/mol. The Morgan fingerprint density at radius 3 is 2.72 bits per heavy atom. The smallest absolute Gasteiger partial charge is 0.411 e. The maximum atomic E-state index is 14.6. The molecule has 2 heterocycles. The standard InChI is InChI=1S/C19H18F5N5O3/c1-9-15(26-7-14(27-9)31-2)16(30)28-10-3-4-12(21)11(5-10)18(8-20)6-13(19(22,23)24)29-17(25)32-18/h3-5,7,13H,6,8H2,1-2H3,(H2,25,29)(H,28,30)/t13-,18+/m0/s1. The average Bonchev–Trinajstić information content (AvgIpc) is 2.73. The summed E-state index contributed by atoms with van der Waals surface area (Å²) < 4.78 is 78.3. The van der Waals surface area contributed by atoms with Crippen LogP contribution in [0, 0.1) is 12.7 Å². The summed E-state index contributed by atoms with van der Waals surface area (Å²) in [5.41, 5.74) is 2.53. The number of aromatic nitrogens is 2. The van der Waals surface area contributed by atoms with Gasteiger partial charge in [-0.2, -0.15) is 13.2 Å². The zero-order chi connectivity index (χ0) is 23.7. The number of carbonyl (C=O) groups is 1. The number of rotatable bonds is 5. The van der Waals surface area contributed by atoms with E-state index < -0.39 is 54.2 Å². The van der Waals surface area contributed by atoms with Crippen LogP contribution in [0.2, 0.25) is 0 Å². The summed E-state index contributed by atoms with van der Waals surface area (Å²) >= 11 is 0. The molecule has 0 spiro atoms. The van der Waals surface area contributed by atoms with E-state index in [1.807, 2.05) is 0 Å². The molecular formula is C19H18F5N5O3. The van der Waals surface area contributed by atoms with E-state index in [1.165, 1.54) is 20.2 Å². The zero-order valence-electron chi connectivity index (χ0n) is 16.8. The number of nitrogens with zero attached hydrogens (tertiary/aromatic N) is 3. The molecule has 3 N–H and O–H groups in total. The molecule has 1 amide bonds. The van der Waals surface area contributed by atoms with Crippen LogP contribution in [0.15, 0.2) is 29.4 Å². The molecule has 172 valence electrons. The first kappa shape index (κ1) is 23.2. The average molecular weight is 459 g/mol. The van der Waals surface area contributed by atoms with Crippen molar-refractivity contribution < 1.29 is 36.2 Å². The van der Waals surface area contributed by atoms with Crippen molar-refractivity contribution in [3.8, 4) is 5.88 Å². The van der Waals surface area contributed by atoms with Crippen molar-refractivity contribution >= 4 is 17.6 Å². The molecule has 0 aliphatic carbocycles. The van der Waals surface area contributed by atoms with Gasteiger partial charge in [0.1, 0.15) is 18.2 Å². The van der Waals surface area contributed by atoms with Gasteiger partial charge in [0.25, 0.3) is 11.9 Å². The minimum Gasteiger partial charge on any atom is -0.480 e. The van der Waals surface area contributed by atoms with Crippen molar-refractivity contribution in [2.45, 2.75) is 31.2 Å². The number of hydrogen-bond acceptors (Lipinski definition) is 7. The Hall–Kier alpha value is -3.51. The lowest BCUT2D eigenvalue weighted by molar-refractivity contribution is -0.167. The molecule has 2 aromatic rings. The lowest BCUT2D eigenvalue weighted by Gasteiger charge is -2.38.